The Morgan fingerprint density at radius 1 is 0.216 bits per heavy atom. The van der Waals surface area contributed by atoms with Gasteiger partial charge in [-0.25, -0.2) is 0 Å². The minimum absolute atomic E-state index is 1.10. The smallest absolute Gasteiger partial charge is 0.0546 e. The molecule has 0 aliphatic rings. The van der Waals surface area contributed by atoms with E-state index >= 15 is 0 Å². The summed E-state index contributed by atoms with van der Waals surface area (Å²) < 4.78 is 0. The summed E-state index contributed by atoms with van der Waals surface area (Å²) in [7, 11) is 0. The van der Waals surface area contributed by atoms with E-state index < -0.39 is 0 Å². The van der Waals surface area contributed by atoms with Crippen LogP contribution in [0.5, 0.6) is 0 Å². The van der Waals surface area contributed by atoms with Crippen molar-refractivity contribution in [2.24, 2.45) is 0 Å². The Hall–Kier alpha value is -8.98. The first-order valence-electron chi connectivity index (χ1n) is 26.0. The Morgan fingerprint density at radius 2 is 0.527 bits per heavy atom. The third-order valence-electron chi connectivity index (χ3n) is 14.3. The highest BCUT2D eigenvalue weighted by atomic mass is 15.2. The molecule has 0 saturated carbocycles. The second-order valence-corrected chi connectivity index (χ2v) is 19.2. The number of hydrogen-bond acceptors (Lipinski definition) is 2. The third-order valence-corrected chi connectivity index (χ3v) is 14.3. The summed E-state index contributed by atoms with van der Waals surface area (Å²) in [5, 5.41) is 7.17. The van der Waals surface area contributed by atoms with Crippen molar-refractivity contribution in [3.63, 3.8) is 0 Å². The first-order chi connectivity index (χ1) is 36.3. The molecule has 0 heterocycles. The van der Waals surface area contributed by atoms with E-state index in [0.717, 1.165) is 34.1 Å². The van der Waals surface area contributed by atoms with E-state index in [1.165, 1.54) is 99.1 Å². The molecular weight excluding hydrogens is 893 g/mol. The van der Waals surface area contributed by atoms with Crippen molar-refractivity contribution in [1.82, 2.24) is 0 Å². The lowest BCUT2D eigenvalue weighted by molar-refractivity contribution is 1.25. The van der Waals surface area contributed by atoms with Gasteiger partial charge in [0.05, 0.1) is 11.4 Å². The summed E-state index contributed by atoms with van der Waals surface area (Å²) in [6, 6.07) is 93.8. The first-order valence-corrected chi connectivity index (χ1v) is 26.0. The van der Waals surface area contributed by atoms with E-state index in [9.17, 15) is 0 Å². The second-order valence-electron chi connectivity index (χ2n) is 19.2. The number of rotatable bonds is 10. The maximum Gasteiger partial charge on any atom is 0.0546 e. The Bertz CT molecular complexity index is 3720. The van der Waals surface area contributed by atoms with E-state index in [1.807, 2.05) is 13.8 Å². The summed E-state index contributed by atoms with van der Waals surface area (Å²) in [6.45, 7) is 12.8. The lowest BCUT2D eigenvalue weighted by Gasteiger charge is -2.31. The van der Waals surface area contributed by atoms with Crippen LogP contribution in [0.3, 0.4) is 0 Å². The summed E-state index contributed by atoms with van der Waals surface area (Å²) in [5.41, 5.74) is 21.2. The highest BCUT2D eigenvalue weighted by molar-refractivity contribution is 6.24. The third kappa shape index (κ3) is 9.12. The van der Waals surface area contributed by atoms with Crippen molar-refractivity contribution in [2.45, 2.75) is 41.5 Å². The number of nitrogens with zero attached hydrogens (tertiary/aromatic N) is 2. The van der Waals surface area contributed by atoms with Gasteiger partial charge in [-0.3, -0.25) is 0 Å². The van der Waals surface area contributed by atoms with E-state index in [2.05, 4.69) is 292 Å². The molecule has 0 aliphatic heterocycles. The number of fused-ring (bicyclic) bond motifs is 5. The number of hydrogen-bond donors (Lipinski definition) is 0. The van der Waals surface area contributed by atoms with Crippen LogP contribution >= 0.6 is 0 Å². The molecule has 0 amide bonds. The van der Waals surface area contributed by atoms with E-state index in [0.29, 0.717) is 0 Å². The Labute approximate surface area is 437 Å². The quantitative estimate of drug-likeness (QED) is 0.126. The van der Waals surface area contributed by atoms with Gasteiger partial charge in [0.15, 0.2) is 0 Å². The summed E-state index contributed by atoms with van der Waals surface area (Å²) in [4.78, 5) is 4.98. The molecule has 12 aromatic rings. The fourth-order valence-corrected chi connectivity index (χ4v) is 10.9. The van der Waals surface area contributed by atoms with Crippen LogP contribution < -0.4 is 9.80 Å². The Balaban J connectivity index is 0.00000291. The minimum Gasteiger partial charge on any atom is -0.310 e. The number of anilines is 6. The summed E-state index contributed by atoms with van der Waals surface area (Å²) >= 11 is 0. The molecule has 0 fully saturated rings. The van der Waals surface area contributed by atoms with Crippen LogP contribution in [-0.2, 0) is 0 Å². The molecule has 0 saturated heterocycles. The van der Waals surface area contributed by atoms with Crippen molar-refractivity contribution in [1.29, 1.82) is 0 Å². The van der Waals surface area contributed by atoms with Crippen molar-refractivity contribution < 1.29 is 0 Å². The topological polar surface area (TPSA) is 6.48 Å². The summed E-state index contributed by atoms with van der Waals surface area (Å²) in [5.74, 6) is 0. The molecule has 0 N–H and O–H groups in total. The fraction of sp³-hybridized carbons (Fsp3) is 0.0833. The van der Waals surface area contributed by atoms with Crippen LogP contribution in [0.4, 0.5) is 34.1 Å². The Kier molecular flexibility index (Phi) is 13.2. The predicted octanol–water partition coefficient (Wildman–Crippen LogP) is 21.0. The van der Waals surface area contributed by atoms with E-state index in [4.69, 9.17) is 0 Å². The van der Waals surface area contributed by atoms with Gasteiger partial charge >= 0.3 is 0 Å². The normalized spacial score (nSPS) is 11.1. The Morgan fingerprint density at radius 3 is 0.905 bits per heavy atom. The predicted molar refractivity (Wildman–Crippen MR) is 320 cm³/mol. The summed E-state index contributed by atoms with van der Waals surface area (Å²) in [6.07, 6.45) is 0. The maximum atomic E-state index is 2.49. The lowest BCUT2D eigenvalue weighted by atomic mass is 9.92. The molecule has 12 aromatic carbocycles. The van der Waals surface area contributed by atoms with Gasteiger partial charge in [-0.2, -0.15) is 0 Å². The zero-order chi connectivity index (χ0) is 50.7. The first kappa shape index (κ1) is 47.4. The molecule has 0 aliphatic carbocycles. The fourth-order valence-electron chi connectivity index (χ4n) is 10.9. The van der Waals surface area contributed by atoms with Gasteiger partial charge in [0, 0.05) is 33.5 Å². The molecule has 0 atom stereocenters. The van der Waals surface area contributed by atoms with Crippen molar-refractivity contribution in [3.05, 3.63) is 277 Å². The second kappa shape index (κ2) is 20.6. The average molecular weight is 953 g/mol. The molecule has 2 heteroatoms. The average Bonchev–Trinajstić information content (AvgIpc) is 3.46. The van der Waals surface area contributed by atoms with Gasteiger partial charge in [-0.05, 0) is 166 Å². The molecule has 0 bridgehead atoms. The molecular formula is C72H60N2. The molecule has 0 radical (unpaired) electrons. The number of aryl methyl sites for hydroxylation is 4. The SMILES string of the molecule is CC.Cc1ccc(N(c2cccc(-c3cccc(-c4ccccc4)c3)c2)c2cc3c4ccccc4c(N(c4cccc(-c5cccc(-c6ccccc6)c5)c4)c4ccc(C)cc4C)cc3c3ccccc23)c(C)c1. The molecule has 0 unspecified atom stereocenters. The highest BCUT2D eigenvalue weighted by Crippen LogP contribution is 2.49. The highest BCUT2D eigenvalue weighted by Gasteiger charge is 2.24. The van der Waals surface area contributed by atoms with E-state index in [-0.39, 0.29) is 0 Å². The van der Waals surface area contributed by atoms with Gasteiger partial charge < -0.3 is 9.80 Å². The van der Waals surface area contributed by atoms with Crippen molar-refractivity contribution in [3.8, 4) is 44.5 Å². The van der Waals surface area contributed by atoms with Crippen LogP contribution in [0, 0.1) is 27.7 Å². The van der Waals surface area contributed by atoms with Gasteiger partial charge in [-0.15, -0.1) is 0 Å². The van der Waals surface area contributed by atoms with Gasteiger partial charge in [0.25, 0.3) is 0 Å². The number of benzene rings is 12. The lowest BCUT2D eigenvalue weighted by Crippen LogP contribution is -2.13. The molecule has 358 valence electrons. The van der Waals surface area contributed by atoms with Crippen LogP contribution in [0.1, 0.15) is 36.1 Å². The van der Waals surface area contributed by atoms with Gasteiger partial charge in [-0.1, -0.05) is 219 Å². The largest absolute Gasteiger partial charge is 0.310 e. The van der Waals surface area contributed by atoms with Gasteiger partial charge in [0.2, 0.25) is 0 Å². The molecule has 2 nitrogen and oxygen atoms in total. The van der Waals surface area contributed by atoms with Gasteiger partial charge in [0.1, 0.15) is 0 Å². The van der Waals surface area contributed by atoms with Crippen molar-refractivity contribution in [2.75, 3.05) is 9.80 Å². The molecule has 74 heavy (non-hydrogen) atoms. The standard InChI is InChI=1S/C70H54N2.C2H6/c1-47-35-37-67(49(3)39-47)71(59-29-17-27-57(43-59)55-25-15-23-53(41-55)51-19-7-5-8-20-51)69-45-65-62-32-12-14-34-64(62)70(46-66(65)61-31-11-13-33-63(61)69)72(68-38-36-48(2)40-50(68)4)60-30-18-28-58(44-60)56-26-16-24-54(42-56)52-21-9-6-10-22-52;1-2/h5-46H,1-4H3;1-2H3. The van der Waals surface area contributed by atoms with Crippen LogP contribution in [-0.4, -0.2) is 0 Å². The zero-order valence-electron chi connectivity index (χ0n) is 43.1. The zero-order valence-corrected chi connectivity index (χ0v) is 43.1. The van der Waals surface area contributed by atoms with Crippen LogP contribution in [0.2, 0.25) is 0 Å². The van der Waals surface area contributed by atoms with Crippen LogP contribution in [0.15, 0.2) is 255 Å². The molecule has 0 aromatic heterocycles. The van der Waals surface area contributed by atoms with E-state index in [1.54, 1.807) is 0 Å². The van der Waals surface area contributed by atoms with Crippen LogP contribution in [0.25, 0.3) is 76.8 Å². The molecule has 0 spiro atoms. The monoisotopic (exact) mass is 952 g/mol. The van der Waals surface area contributed by atoms with Crippen molar-refractivity contribution >= 4 is 66.4 Å². The maximum absolute atomic E-state index is 2.49. The minimum atomic E-state index is 1.10. The molecule has 12 rings (SSSR count).